The number of pyridine rings is 1. The number of nitrogens with zero attached hydrogens (tertiary/aromatic N) is 7. The van der Waals surface area contributed by atoms with Crippen LogP contribution < -0.4 is 25.0 Å². The fourth-order valence-corrected chi connectivity index (χ4v) is 9.61. The maximum atomic E-state index is 13.9. The number of nitrogens with one attached hydrogen (secondary N) is 2. The summed E-state index contributed by atoms with van der Waals surface area (Å²) in [6.45, 7) is 11.2. The molecular weight excluding hydrogens is 715 g/mol. The number of carbonyl (C=O) groups is 1. The van der Waals surface area contributed by atoms with Gasteiger partial charge in [0.2, 0.25) is 5.95 Å². The van der Waals surface area contributed by atoms with E-state index in [0.717, 1.165) is 96.5 Å². The van der Waals surface area contributed by atoms with Gasteiger partial charge in [0.25, 0.3) is 0 Å². The first-order valence-electron chi connectivity index (χ1n) is 21.2. The lowest BCUT2D eigenvalue weighted by Crippen LogP contribution is -2.41. The van der Waals surface area contributed by atoms with Crippen molar-refractivity contribution < 1.29 is 14.3 Å². The largest absolute Gasteiger partial charge is 0.492 e. The van der Waals surface area contributed by atoms with Gasteiger partial charge in [-0.05, 0) is 100 Å². The first-order valence-corrected chi connectivity index (χ1v) is 21.2. The Balaban J connectivity index is 0.885. The molecule has 9 rings (SSSR count). The van der Waals surface area contributed by atoms with Gasteiger partial charge in [0.1, 0.15) is 30.0 Å². The van der Waals surface area contributed by atoms with Gasteiger partial charge < -0.3 is 19.7 Å². The molecule has 5 atom stereocenters. The summed E-state index contributed by atoms with van der Waals surface area (Å²) < 4.78 is 16.9. The van der Waals surface area contributed by atoms with E-state index >= 15 is 0 Å². The summed E-state index contributed by atoms with van der Waals surface area (Å²) in [6, 6.07) is 23.6. The average molecular weight is 772 g/mol. The van der Waals surface area contributed by atoms with Crippen LogP contribution in [0.5, 0.6) is 11.5 Å². The van der Waals surface area contributed by atoms with E-state index < -0.39 is 0 Å². The van der Waals surface area contributed by atoms with Crippen molar-refractivity contribution in [1.82, 2.24) is 34.6 Å². The summed E-state index contributed by atoms with van der Waals surface area (Å²) in [5.74, 6) is 3.04. The zero-order valence-electron chi connectivity index (χ0n) is 33.9. The van der Waals surface area contributed by atoms with Crippen molar-refractivity contribution in [2.45, 2.75) is 128 Å². The maximum Gasteiger partial charge on any atom is 0.320 e. The lowest BCUT2D eigenvalue weighted by Gasteiger charge is -2.34. The quantitative estimate of drug-likeness (QED) is 0.145. The Morgan fingerprint density at radius 2 is 1.67 bits per heavy atom. The zero-order valence-corrected chi connectivity index (χ0v) is 33.9. The van der Waals surface area contributed by atoms with Crippen LogP contribution in [0.1, 0.15) is 121 Å². The SMILES string of the molecule is CC1CCCCN1c1nnc2ccc(O[C@@H]3CC[C@H](NC(=O)Nc4cc(C(C)(C)C)nn4-c4cccc(OCCN5C6CCCC5CC6)c4)c4ccccc43)cn12. The Morgan fingerprint density at radius 3 is 2.47 bits per heavy atom. The van der Waals surface area contributed by atoms with Crippen LogP contribution in [-0.4, -0.2) is 73.1 Å². The number of urea groups is 1. The molecule has 12 nitrogen and oxygen atoms in total. The highest BCUT2D eigenvalue weighted by Gasteiger charge is 2.36. The fraction of sp³-hybridized carbons (Fsp3) is 0.511. The van der Waals surface area contributed by atoms with E-state index in [-0.39, 0.29) is 23.6 Å². The van der Waals surface area contributed by atoms with E-state index in [4.69, 9.17) is 14.6 Å². The molecule has 3 saturated heterocycles. The minimum absolute atomic E-state index is 0.158. The predicted octanol–water partition coefficient (Wildman–Crippen LogP) is 8.76. The molecule has 3 fully saturated rings. The Kier molecular flexibility index (Phi) is 10.3. The van der Waals surface area contributed by atoms with Crippen LogP contribution in [0.15, 0.2) is 72.9 Å². The summed E-state index contributed by atoms with van der Waals surface area (Å²) in [5.41, 5.74) is 4.44. The number of rotatable bonds is 10. The average Bonchev–Trinajstić information content (AvgIpc) is 3.88. The molecule has 2 aromatic carbocycles. The second-order valence-electron chi connectivity index (χ2n) is 17.6. The van der Waals surface area contributed by atoms with Gasteiger partial charge in [0.05, 0.1) is 23.6 Å². The normalized spacial score (nSPS) is 23.6. The van der Waals surface area contributed by atoms with Crippen LogP contribution in [0, 0.1) is 0 Å². The lowest BCUT2D eigenvalue weighted by atomic mass is 9.85. The van der Waals surface area contributed by atoms with Crippen LogP contribution in [0.2, 0.25) is 0 Å². The van der Waals surface area contributed by atoms with Crippen molar-refractivity contribution in [3.63, 3.8) is 0 Å². The van der Waals surface area contributed by atoms with Gasteiger partial charge in [-0.2, -0.15) is 5.10 Å². The van der Waals surface area contributed by atoms with Crippen LogP contribution in [-0.2, 0) is 5.41 Å². The molecule has 5 aromatic rings. The van der Waals surface area contributed by atoms with E-state index in [1.807, 2.05) is 65.5 Å². The molecule has 3 unspecified atom stereocenters. The van der Waals surface area contributed by atoms with Gasteiger partial charge >= 0.3 is 6.03 Å². The number of anilines is 2. The summed E-state index contributed by atoms with van der Waals surface area (Å²) >= 11 is 0. The first kappa shape index (κ1) is 37.5. The Morgan fingerprint density at radius 1 is 0.842 bits per heavy atom. The van der Waals surface area contributed by atoms with E-state index in [1.54, 1.807) is 0 Å². The Bertz CT molecular complexity index is 2190. The minimum atomic E-state index is -0.281. The molecule has 0 saturated carbocycles. The molecule has 3 aliphatic heterocycles. The van der Waals surface area contributed by atoms with Gasteiger partial charge in [-0.3, -0.25) is 14.6 Å². The standard InChI is InChI=1S/C45H57N9O3/c1-30-11-7-8-24-51(30)44-49-48-41-23-20-35(29-53(41)44)57-39-22-21-38(36-16-5-6-17-37(36)39)46-43(55)47-42-28-40(45(2,3)4)50-54(42)33-14-10-15-34(27-33)56-26-25-52-31-12-9-13-32(52)19-18-31/h5-6,10,14-17,20,23,27-32,38-39H,7-9,11-13,18-19,21-22,24-26H2,1-4H3,(H2,46,47,55)/t30?,31?,32?,38-,39+/m0/s1. The first-order chi connectivity index (χ1) is 27.7. The van der Waals surface area contributed by atoms with Crippen LogP contribution >= 0.6 is 0 Å². The topological polar surface area (TPSA) is 114 Å². The summed E-state index contributed by atoms with van der Waals surface area (Å²) in [7, 11) is 0. The highest BCUT2D eigenvalue weighted by atomic mass is 16.5. The summed E-state index contributed by atoms with van der Waals surface area (Å²) in [4.78, 5) is 18.9. The molecule has 0 spiro atoms. The van der Waals surface area contributed by atoms with Crippen molar-refractivity contribution in [2.24, 2.45) is 0 Å². The Labute approximate surface area is 335 Å². The third-order valence-electron chi connectivity index (χ3n) is 12.7. The molecule has 300 valence electrons. The minimum Gasteiger partial charge on any atom is -0.492 e. The monoisotopic (exact) mass is 771 g/mol. The number of piperidine rings is 2. The molecule has 6 heterocycles. The van der Waals surface area contributed by atoms with E-state index in [9.17, 15) is 4.79 Å². The second kappa shape index (κ2) is 15.7. The molecule has 1 aliphatic carbocycles. The highest BCUT2D eigenvalue weighted by molar-refractivity contribution is 5.89. The van der Waals surface area contributed by atoms with Gasteiger partial charge in [-0.25, -0.2) is 9.48 Å². The zero-order chi connectivity index (χ0) is 39.1. The van der Waals surface area contributed by atoms with Gasteiger partial charge in [0, 0.05) is 48.8 Å². The highest BCUT2D eigenvalue weighted by Crippen LogP contribution is 2.40. The molecular formula is C45H57N9O3. The third-order valence-corrected chi connectivity index (χ3v) is 12.7. The molecule has 2 N–H and O–H groups in total. The summed E-state index contributed by atoms with van der Waals surface area (Å²) in [6.07, 6.45) is 13.5. The second-order valence-corrected chi connectivity index (χ2v) is 17.6. The number of fused-ring (bicyclic) bond motifs is 4. The van der Waals surface area contributed by atoms with Crippen molar-refractivity contribution in [2.75, 3.05) is 29.9 Å². The smallest absolute Gasteiger partial charge is 0.320 e. The predicted molar refractivity (Wildman–Crippen MR) is 223 cm³/mol. The van der Waals surface area contributed by atoms with Crippen LogP contribution in [0.3, 0.4) is 0 Å². The number of carbonyl (C=O) groups excluding carboxylic acids is 1. The molecule has 57 heavy (non-hydrogen) atoms. The van der Waals surface area contributed by atoms with Crippen molar-refractivity contribution in [3.8, 4) is 17.2 Å². The number of amides is 2. The van der Waals surface area contributed by atoms with Gasteiger partial charge in [-0.1, -0.05) is 57.5 Å². The summed E-state index contributed by atoms with van der Waals surface area (Å²) in [5, 5.41) is 20.4. The number of benzene rings is 2. The lowest BCUT2D eigenvalue weighted by molar-refractivity contribution is 0.116. The molecule has 2 amide bonds. The van der Waals surface area contributed by atoms with E-state index in [1.165, 1.54) is 38.5 Å². The Hall–Kier alpha value is -5.10. The molecule has 12 heteroatoms. The number of ether oxygens (including phenoxy) is 2. The van der Waals surface area contributed by atoms with Crippen molar-refractivity contribution in [3.05, 3.63) is 89.7 Å². The number of aromatic nitrogens is 5. The third kappa shape index (κ3) is 7.80. The van der Waals surface area contributed by atoms with Gasteiger partial charge in [-0.15, -0.1) is 10.2 Å². The van der Waals surface area contributed by atoms with Crippen LogP contribution in [0.4, 0.5) is 16.6 Å². The molecule has 3 aromatic heterocycles. The fourth-order valence-electron chi connectivity index (χ4n) is 9.61. The molecule has 4 aliphatic rings. The van der Waals surface area contributed by atoms with E-state index in [0.29, 0.717) is 18.5 Å². The van der Waals surface area contributed by atoms with E-state index in [2.05, 4.69) is 74.9 Å². The molecule has 2 bridgehead atoms. The molecule has 0 radical (unpaired) electrons. The maximum absolute atomic E-state index is 13.9. The van der Waals surface area contributed by atoms with Crippen LogP contribution in [0.25, 0.3) is 11.3 Å². The number of hydrogen-bond acceptors (Lipinski definition) is 8. The van der Waals surface area contributed by atoms with Gasteiger partial charge in [0.15, 0.2) is 5.65 Å². The van der Waals surface area contributed by atoms with Crippen molar-refractivity contribution >= 4 is 23.4 Å². The number of hydrogen-bond donors (Lipinski definition) is 2. The van der Waals surface area contributed by atoms with Crippen molar-refractivity contribution in [1.29, 1.82) is 0 Å².